The molecule has 3 rings (SSSR count). The van der Waals surface area contributed by atoms with Crippen molar-refractivity contribution >= 4 is 32.9 Å². The number of rotatable bonds is 8. The van der Waals surface area contributed by atoms with Crippen molar-refractivity contribution in [3.63, 3.8) is 0 Å². The molecular weight excluding hydrogens is 440 g/mol. The van der Waals surface area contributed by atoms with Crippen molar-refractivity contribution < 1.29 is 23.4 Å². The van der Waals surface area contributed by atoms with Crippen LogP contribution in [0.5, 0.6) is 17.2 Å². The summed E-state index contributed by atoms with van der Waals surface area (Å²) in [6.45, 7) is 4.00. The van der Waals surface area contributed by atoms with Crippen LogP contribution in [0.4, 0.5) is 0 Å². The first kappa shape index (κ1) is 20.9. The van der Waals surface area contributed by atoms with Gasteiger partial charge in [0.1, 0.15) is 23.3 Å². The summed E-state index contributed by atoms with van der Waals surface area (Å²) in [5, 5.41) is 0.347. The fourth-order valence-corrected chi connectivity index (χ4v) is 2.93. The first-order valence-corrected chi connectivity index (χ1v) is 10.1. The molecule has 0 spiro atoms. The molecule has 0 aliphatic heterocycles. The van der Waals surface area contributed by atoms with Crippen LogP contribution in [0, 0.1) is 0 Å². The molecule has 0 aliphatic rings. The minimum atomic E-state index is -0.769. The first-order valence-electron chi connectivity index (χ1n) is 9.31. The third-order valence-corrected chi connectivity index (χ3v) is 4.81. The van der Waals surface area contributed by atoms with Gasteiger partial charge in [0.25, 0.3) is 0 Å². The second kappa shape index (κ2) is 9.60. The molecule has 2 aromatic carbocycles. The molecule has 0 saturated heterocycles. The zero-order valence-electron chi connectivity index (χ0n) is 16.1. The number of hydrogen-bond acceptors (Lipinski definition) is 6. The summed E-state index contributed by atoms with van der Waals surface area (Å²) in [5.74, 6) is 0.553. The fraction of sp³-hybridized carbons (Fsp3) is 0.273. The normalized spacial score (nSPS) is 11.8. The van der Waals surface area contributed by atoms with Gasteiger partial charge in [0.05, 0.1) is 16.5 Å². The molecule has 1 aromatic heterocycles. The highest BCUT2D eigenvalue weighted by Gasteiger charge is 2.17. The second-order valence-corrected chi connectivity index (χ2v) is 7.25. The van der Waals surface area contributed by atoms with Crippen molar-refractivity contribution in [2.24, 2.45) is 0 Å². The summed E-state index contributed by atoms with van der Waals surface area (Å²) in [7, 11) is 0. The zero-order valence-corrected chi connectivity index (χ0v) is 17.7. The van der Waals surface area contributed by atoms with E-state index in [-0.39, 0.29) is 11.2 Å². The van der Waals surface area contributed by atoms with E-state index < -0.39 is 12.1 Å². The van der Waals surface area contributed by atoms with E-state index >= 15 is 0 Å². The Morgan fingerprint density at radius 2 is 1.97 bits per heavy atom. The molecule has 3 aromatic rings. The van der Waals surface area contributed by atoms with Gasteiger partial charge >= 0.3 is 5.97 Å². The number of esters is 1. The van der Waals surface area contributed by atoms with E-state index in [0.29, 0.717) is 29.1 Å². The van der Waals surface area contributed by atoms with Crippen molar-refractivity contribution in [2.45, 2.75) is 32.8 Å². The Balaban J connectivity index is 1.77. The molecule has 1 heterocycles. The van der Waals surface area contributed by atoms with Gasteiger partial charge in [-0.25, -0.2) is 4.79 Å². The lowest BCUT2D eigenvalue weighted by Gasteiger charge is -2.14. The highest BCUT2D eigenvalue weighted by Crippen LogP contribution is 2.29. The summed E-state index contributed by atoms with van der Waals surface area (Å²) in [6.07, 6.45) is 2.24. The molecule has 152 valence electrons. The summed E-state index contributed by atoms with van der Waals surface area (Å²) >= 11 is 3.38. The molecule has 0 fully saturated rings. The van der Waals surface area contributed by atoms with Gasteiger partial charge in [-0.2, -0.15) is 0 Å². The van der Waals surface area contributed by atoms with Crippen LogP contribution in [0.2, 0.25) is 0 Å². The van der Waals surface area contributed by atoms with Crippen molar-refractivity contribution in [3.05, 3.63) is 63.4 Å². The van der Waals surface area contributed by atoms with Gasteiger partial charge in [-0.15, -0.1) is 0 Å². The molecule has 6 nitrogen and oxygen atoms in total. The largest absolute Gasteiger partial charge is 0.479 e. The predicted octanol–water partition coefficient (Wildman–Crippen LogP) is 5.46. The third-order valence-electron chi connectivity index (χ3n) is 4.16. The molecule has 0 bridgehead atoms. The van der Waals surface area contributed by atoms with Crippen LogP contribution in [-0.2, 0) is 9.53 Å². The molecule has 7 heteroatoms. The lowest BCUT2D eigenvalue weighted by Crippen LogP contribution is -2.26. The van der Waals surface area contributed by atoms with E-state index in [1.807, 2.05) is 19.1 Å². The lowest BCUT2D eigenvalue weighted by molar-refractivity contribution is -0.151. The summed E-state index contributed by atoms with van der Waals surface area (Å²) in [6, 6.07) is 12.0. The predicted molar refractivity (Wildman–Crippen MR) is 113 cm³/mol. The average molecular weight is 461 g/mol. The highest BCUT2D eigenvalue weighted by atomic mass is 79.9. The molecule has 1 atom stereocenters. The Hall–Kier alpha value is -2.80. The number of carbonyl (C=O) groups excluding carboxylic acids is 1. The van der Waals surface area contributed by atoms with Crippen LogP contribution >= 0.6 is 15.9 Å². The monoisotopic (exact) mass is 460 g/mol. The summed E-state index contributed by atoms with van der Waals surface area (Å²) in [4.78, 5) is 24.7. The number of ether oxygens (including phenoxy) is 3. The Kier molecular flexibility index (Phi) is 6.93. The number of para-hydroxylation sites is 1. The van der Waals surface area contributed by atoms with E-state index in [1.165, 1.54) is 6.26 Å². The van der Waals surface area contributed by atoms with Crippen molar-refractivity contribution in [1.29, 1.82) is 0 Å². The van der Waals surface area contributed by atoms with Crippen molar-refractivity contribution in [2.75, 3.05) is 6.61 Å². The summed E-state index contributed by atoms with van der Waals surface area (Å²) in [5.41, 5.74) is 0.0269. The Labute approximate surface area is 176 Å². The molecule has 29 heavy (non-hydrogen) atoms. The average Bonchev–Trinajstić information content (AvgIpc) is 2.71. The van der Waals surface area contributed by atoms with Crippen LogP contribution in [0.25, 0.3) is 11.0 Å². The molecule has 0 aliphatic carbocycles. The maximum atomic E-state index is 12.7. The fourth-order valence-electron chi connectivity index (χ4n) is 2.57. The van der Waals surface area contributed by atoms with E-state index in [2.05, 4.69) is 15.9 Å². The SMILES string of the molecule is CCCCOC(=O)[C@@H](C)Oc1ccc2c(=O)c(Oc3ccccc3Br)coc2c1. The van der Waals surface area contributed by atoms with Crippen LogP contribution in [0.3, 0.4) is 0 Å². The van der Waals surface area contributed by atoms with Crippen molar-refractivity contribution in [1.82, 2.24) is 0 Å². The third kappa shape index (κ3) is 5.17. The molecule has 0 amide bonds. The van der Waals surface area contributed by atoms with Gasteiger partial charge in [-0.1, -0.05) is 25.5 Å². The smallest absolute Gasteiger partial charge is 0.347 e. The minimum Gasteiger partial charge on any atom is -0.479 e. The van der Waals surface area contributed by atoms with Crippen molar-refractivity contribution in [3.8, 4) is 17.2 Å². The zero-order chi connectivity index (χ0) is 20.8. The van der Waals surface area contributed by atoms with Crippen LogP contribution in [-0.4, -0.2) is 18.7 Å². The van der Waals surface area contributed by atoms with Gasteiger partial charge in [0, 0.05) is 6.07 Å². The number of benzene rings is 2. The topological polar surface area (TPSA) is 75.0 Å². The van der Waals surface area contributed by atoms with Gasteiger partial charge in [-0.05, 0) is 53.5 Å². The number of halogens is 1. The Morgan fingerprint density at radius 1 is 1.17 bits per heavy atom. The maximum absolute atomic E-state index is 12.7. The number of carbonyl (C=O) groups is 1. The summed E-state index contributed by atoms with van der Waals surface area (Å²) < 4.78 is 22.7. The number of fused-ring (bicyclic) bond motifs is 1. The number of unbranched alkanes of at least 4 members (excludes halogenated alkanes) is 1. The van der Waals surface area contributed by atoms with E-state index in [0.717, 1.165) is 17.3 Å². The van der Waals surface area contributed by atoms with Gasteiger partial charge in [0.15, 0.2) is 6.10 Å². The maximum Gasteiger partial charge on any atom is 0.347 e. The highest BCUT2D eigenvalue weighted by molar-refractivity contribution is 9.10. The van der Waals surface area contributed by atoms with E-state index in [4.69, 9.17) is 18.6 Å². The molecule has 0 radical (unpaired) electrons. The van der Waals surface area contributed by atoms with Crippen LogP contribution in [0.1, 0.15) is 26.7 Å². The van der Waals surface area contributed by atoms with Crippen LogP contribution in [0.15, 0.2) is 62.4 Å². The molecule has 0 N–H and O–H groups in total. The molecule has 0 saturated carbocycles. The molecule has 0 unspecified atom stereocenters. The number of hydrogen-bond donors (Lipinski definition) is 0. The van der Waals surface area contributed by atoms with Crippen LogP contribution < -0.4 is 14.9 Å². The standard InChI is InChI=1S/C22H21BrO6/c1-3-4-11-26-22(25)14(2)28-15-9-10-16-19(12-15)27-13-20(21(16)24)29-18-8-6-5-7-17(18)23/h5-10,12-14H,3-4,11H2,1-2H3/t14-/m1/s1. The van der Waals surface area contributed by atoms with Gasteiger partial charge < -0.3 is 18.6 Å². The van der Waals surface area contributed by atoms with Gasteiger partial charge in [0.2, 0.25) is 11.2 Å². The first-order chi connectivity index (χ1) is 14.0. The van der Waals surface area contributed by atoms with E-state index in [9.17, 15) is 9.59 Å². The van der Waals surface area contributed by atoms with Gasteiger partial charge in [-0.3, -0.25) is 4.79 Å². The second-order valence-electron chi connectivity index (χ2n) is 6.40. The Morgan fingerprint density at radius 3 is 2.72 bits per heavy atom. The van der Waals surface area contributed by atoms with E-state index in [1.54, 1.807) is 37.3 Å². The quantitative estimate of drug-likeness (QED) is 0.328. The lowest BCUT2D eigenvalue weighted by atomic mass is 10.2. The minimum absolute atomic E-state index is 0.0749. The molecular formula is C22H21BrO6. The Bertz CT molecular complexity index is 1060.